The minimum Gasteiger partial charge on any atom is -0.289 e. The van der Waals surface area contributed by atoms with E-state index >= 15 is 0 Å². The van der Waals surface area contributed by atoms with Crippen molar-refractivity contribution in [3.63, 3.8) is 0 Å². The molecule has 84 valence electrons. The second-order valence-corrected chi connectivity index (χ2v) is 3.70. The number of hydrogen-bond acceptors (Lipinski definition) is 2. The molecule has 0 saturated carbocycles. The maximum absolute atomic E-state index is 13.2. The van der Waals surface area contributed by atoms with Gasteiger partial charge in [-0.15, -0.1) is 0 Å². The molecule has 0 aliphatic carbocycles. The number of nitrogens with one attached hydrogen (secondary N) is 2. The summed E-state index contributed by atoms with van der Waals surface area (Å²) in [7, 11) is 0. The molecule has 5 heteroatoms. The summed E-state index contributed by atoms with van der Waals surface area (Å²) in [5.41, 5.74) is 0.314. The Balaban J connectivity index is 2.36. The van der Waals surface area contributed by atoms with Crippen molar-refractivity contribution < 1.29 is 4.39 Å². The first-order chi connectivity index (χ1) is 8.24. The van der Waals surface area contributed by atoms with Gasteiger partial charge in [0.05, 0.1) is 0 Å². The van der Waals surface area contributed by atoms with Gasteiger partial charge in [-0.2, -0.15) is 5.10 Å². The van der Waals surface area contributed by atoms with E-state index in [1.165, 1.54) is 12.1 Å². The van der Waals surface area contributed by atoms with Gasteiger partial charge in [-0.05, 0) is 22.9 Å². The molecular weight excluding hydrogens is 221 g/mol. The number of benzene rings is 2. The van der Waals surface area contributed by atoms with E-state index in [2.05, 4.69) is 15.2 Å². The smallest absolute Gasteiger partial charge is 0.289 e. The molecule has 4 nitrogen and oxygen atoms in total. The average molecular weight is 229 g/mol. The van der Waals surface area contributed by atoms with E-state index in [-0.39, 0.29) is 11.5 Å². The second kappa shape index (κ2) is 3.55. The molecule has 1 heterocycles. The Morgan fingerprint density at radius 3 is 2.82 bits per heavy atom. The molecule has 0 fully saturated rings. The van der Waals surface area contributed by atoms with Crippen molar-refractivity contribution in [1.29, 1.82) is 0 Å². The van der Waals surface area contributed by atoms with Crippen LogP contribution >= 0.6 is 0 Å². The van der Waals surface area contributed by atoms with Crippen LogP contribution in [-0.2, 0) is 0 Å². The first-order valence-electron chi connectivity index (χ1n) is 5.07. The lowest BCUT2D eigenvalue weighted by Gasteiger charge is -2.03. The fourth-order valence-electron chi connectivity index (χ4n) is 1.85. The molecule has 3 rings (SSSR count). The minimum absolute atomic E-state index is 0.317. The first-order valence-corrected chi connectivity index (χ1v) is 5.07. The number of halogens is 1. The maximum atomic E-state index is 13.2. The highest BCUT2D eigenvalue weighted by molar-refractivity contribution is 5.94. The number of hydrogen-bond donors (Lipinski definition) is 2. The zero-order chi connectivity index (χ0) is 11.8. The summed E-state index contributed by atoms with van der Waals surface area (Å²) < 4.78 is 13.2. The van der Waals surface area contributed by atoms with Crippen molar-refractivity contribution >= 4 is 10.8 Å². The Bertz CT molecular complexity index is 745. The molecule has 2 N–H and O–H groups in total. The lowest BCUT2D eigenvalue weighted by molar-refractivity contribution is 0.630. The molecule has 0 aliphatic rings. The van der Waals surface area contributed by atoms with Crippen LogP contribution in [0.2, 0.25) is 0 Å². The van der Waals surface area contributed by atoms with E-state index in [4.69, 9.17) is 0 Å². The maximum Gasteiger partial charge on any atom is 0.340 e. The number of fused-ring (bicyclic) bond motifs is 1. The molecule has 2 aromatic carbocycles. The summed E-state index contributed by atoms with van der Waals surface area (Å²) >= 11 is 0. The average Bonchev–Trinajstić information content (AvgIpc) is 2.75. The third-order valence-corrected chi connectivity index (χ3v) is 2.60. The highest BCUT2D eigenvalue weighted by Crippen LogP contribution is 2.25. The lowest BCUT2D eigenvalue weighted by atomic mass is 10.0. The topological polar surface area (TPSA) is 61.5 Å². The van der Waals surface area contributed by atoms with Crippen molar-refractivity contribution in [2.45, 2.75) is 0 Å². The summed E-state index contributed by atoms with van der Waals surface area (Å²) in [5.74, 6) is 0.0917. The Hall–Kier alpha value is -2.43. The van der Waals surface area contributed by atoms with Crippen molar-refractivity contribution in [2.24, 2.45) is 0 Å². The fraction of sp³-hybridized carbons (Fsp3) is 0. The summed E-state index contributed by atoms with van der Waals surface area (Å²) in [6, 6.07) is 10.0. The standard InChI is InChI=1S/C12H8FN3O/c13-8-5-4-7-2-1-3-9(10(7)6-8)11-14-12(17)16-15-11/h1-6H,(H2,14,15,16,17). The van der Waals surface area contributed by atoms with E-state index in [1.807, 2.05) is 12.1 Å². The zero-order valence-electron chi connectivity index (χ0n) is 8.70. The van der Waals surface area contributed by atoms with Crippen LogP contribution in [0.1, 0.15) is 0 Å². The molecule has 1 aromatic heterocycles. The number of nitrogens with zero attached hydrogens (tertiary/aromatic N) is 1. The van der Waals surface area contributed by atoms with Crippen molar-refractivity contribution in [3.05, 3.63) is 52.7 Å². The second-order valence-electron chi connectivity index (χ2n) is 3.70. The molecular formula is C12H8FN3O. The third-order valence-electron chi connectivity index (χ3n) is 2.60. The Morgan fingerprint density at radius 1 is 1.18 bits per heavy atom. The van der Waals surface area contributed by atoms with E-state index in [0.717, 1.165) is 10.8 Å². The molecule has 17 heavy (non-hydrogen) atoms. The van der Waals surface area contributed by atoms with Gasteiger partial charge < -0.3 is 0 Å². The van der Waals surface area contributed by atoms with E-state index in [0.29, 0.717) is 11.4 Å². The number of rotatable bonds is 1. The number of aromatic nitrogens is 3. The van der Waals surface area contributed by atoms with Crippen LogP contribution in [0.3, 0.4) is 0 Å². The number of H-pyrrole nitrogens is 2. The van der Waals surface area contributed by atoms with Crippen LogP contribution in [0.4, 0.5) is 4.39 Å². The van der Waals surface area contributed by atoms with Gasteiger partial charge in [0.2, 0.25) is 0 Å². The highest BCUT2D eigenvalue weighted by atomic mass is 19.1. The van der Waals surface area contributed by atoms with Gasteiger partial charge in [0, 0.05) is 5.56 Å². The summed E-state index contributed by atoms with van der Waals surface area (Å²) in [4.78, 5) is 13.6. The molecule has 0 bridgehead atoms. The molecule has 0 atom stereocenters. The van der Waals surface area contributed by atoms with Crippen molar-refractivity contribution in [3.8, 4) is 11.4 Å². The summed E-state index contributed by atoms with van der Waals surface area (Å²) in [6.45, 7) is 0. The molecule has 0 spiro atoms. The number of aromatic amines is 2. The van der Waals surface area contributed by atoms with Gasteiger partial charge in [-0.3, -0.25) is 4.98 Å². The molecule has 3 aromatic rings. The van der Waals surface area contributed by atoms with Crippen LogP contribution in [0, 0.1) is 5.82 Å². The zero-order valence-corrected chi connectivity index (χ0v) is 8.70. The van der Waals surface area contributed by atoms with Crippen LogP contribution < -0.4 is 5.69 Å². The predicted molar refractivity (Wildman–Crippen MR) is 62.1 cm³/mol. The van der Waals surface area contributed by atoms with Crippen LogP contribution in [0.5, 0.6) is 0 Å². The molecule has 0 radical (unpaired) electrons. The molecule has 0 amide bonds. The monoisotopic (exact) mass is 229 g/mol. The van der Waals surface area contributed by atoms with Crippen LogP contribution in [0.25, 0.3) is 22.2 Å². The van der Waals surface area contributed by atoms with Gasteiger partial charge in [0.25, 0.3) is 0 Å². The van der Waals surface area contributed by atoms with Gasteiger partial charge >= 0.3 is 5.69 Å². The van der Waals surface area contributed by atoms with E-state index < -0.39 is 0 Å². The van der Waals surface area contributed by atoms with Crippen LogP contribution in [0.15, 0.2) is 41.2 Å². The minimum atomic E-state index is -0.381. The highest BCUT2D eigenvalue weighted by Gasteiger charge is 2.07. The Kier molecular flexibility index (Phi) is 2.04. The normalized spacial score (nSPS) is 10.9. The fourth-order valence-corrected chi connectivity index (χ4v) is 1.85. The molecule has 0 aliphatic heterocycles. The molecule has 0 saturated heterocycles. The quantitative estimate of drug-likeness (QED) is 0.670. The predicted octanol–water partition coefficient (Wildman–Crippen LogP) is 2.06. The Morgan fingerprint density at radius 2 is 2.06 bits per heavy atom. The van der Waals surface area contributed by atoms with E-state index in [1.54, 1.807) is 12.1 Å². The SMILES string of the molecule is O=c1[nH]nc(-c2cccc3ccc(F)cc23)[nH]1. The third kappa shape index (κ3) is 1.61. The lowest BCUT2D eigenvalue weighted by Crippen LogP contribution is -2.00. The largest absolute Gasteiger partial charge is 0.340 e. The molecule has 0 unspecified atom stereocenters. The Labute approximate surface area is 95.1 Å². The summed E-state index contributed by atoms with van der Waals surface area (Å²) in [6.07, 6.45) is 0. The summed E-state index contributed by atoms with van der Waals surface area (Å²) in [5, 5.41) is 7.76. The van der Waals surface area contributed by atoms with E-state index in [9.17, 15) is 9.18 Å². The van der Waals surface area contributed by atoms with Gasteiger partial charge in [0.15, 0.2) is 5.82 Å². The van der Waals surface area contributed by atoms with Gasteiger partial charge in [0.1, 0.15) is 5.82 Å². The van der Waals surface area contributed by atoms with Crippen LogP contribution in [-0.4, -0.2) is 15.2 Å². The van der Waals surface area contributed by atoms with Gasteiger partial charge in [-0.1, -0.05) is 24.3 Å². The first kappa shape index (κ1) is 9.77. The van der Waals surface area contributed by atoms with Crippen molar-refractivity contribution in [2.75, 3.05) is 0 Å². The van der Waals surface area contributed by atoms with Gasteiger partial charge in [-0.25, -0.2) is 14.3 Å². The van der Waals surface area contributed by atoms with Crippen molar-refractivity contribution in [1.82, 2.24) is 15.2 Å².